The molecule has 20 heavy (non-hydrogen) atoms. The van der Waals surface area contributed by atoms with Crippen molar-refractivity contribution in [3.8, 4) is 5.75 Å². The molecule has 1 unspecified atom stereocenters. The van der Waals surface area contributed by atoms with Crippen molar-refractivity contribution in [3.63, 3.8) is 0 Å². The Morgan fingerprint density at radius 1 is 1.35 bits per heavy atom. The van der Waals surface area contributed by atoms with Crippen molar-refractivity contribution in [3.05, 3.63) is 30.1 Å². The van der Waals surface area contributed by atoms with Gasteiger partial charge in [-0.05, 0) is 37.6 Å². The zero-order chi connectivity index (χ0) is 15.2. The summed E-state index contributed by atoms with van der Waals surface area (Å²) in [6.45, 7) is 2.55. The van der Waals surface area contributed by atoms with Crippen molar-refractivity contribution in [1.29, 1.82) is 0 Å². The molecule has 0 aliphatic carbocycles. The lowest BCUT2D eigenvalue weighted by molar-refractivity contribution is -0.130. The third kappa shape index (κ3) is 4.18. The number of hydrogen-bond donors (Lipinski definition) is 3. The van der Waals surface area contributed by atoms with Crippen molar-refractivity contribution in [2.24, 2.45) is 0 Å². The maximum Gasteiger partial charge on any atom is 0.261 e. The normalized spacial score (nSPS) is 12.8. The lowest BCUT2D eigenvalue weighted by atomic mass is 9.98. The molecule has 1 aromatic rings. The van der Waals surface area contributed by atoms with Crippen LogP contribution in [0.25, 0.3) is 0 Å². The van der Waals surface area contributed by atoms with Crippen LogP contribution >= 0.6 is 0 Å². The molecule has 1 atom stereocenters. The third-order valence-corrected chi connectivity index (χ3v) is 3.17. The number of aliphatic hydroxyl groups excluding tert-OH is 2. The SMILES string of the molecule is CCC(CO)(CO)NC(=O)C(C)Oc1ccc(F)cc1. The van der Waals surface area contributed by atoms with Crippen molar-refractivity contribution < 1.29 is 24.1 Å². The lowest BCUT2D eigenvalue weighted by Crippen LogP contribution is -2.56. The number of amides is 1. The maximum absolute atomic E-state index is 12.8. The molecule has 0 radical (unpaired) electrons. The fourth-order valence-corrected chi connectivity index (χ4v) is 1.57. The summed E-state index contributed by atoms with van der Waals surface area (Å²) >= 11 is 0. The first-order valence-corrected chi connectivity index (χ1v) is 6.42. The molecule has 3 N–H and O–H groups in total. The highest BCUT2D eigenvalue weighted by molar-refractivity contribution is 5.81. The minimum atomic E-state index is -1.06. The van der Waals surface area contributed by atoms with E-state index in [1.165, 1.54) is 31.2 Å². The van der Waals surface area contributed by atoms with Gasteiger partial charge in [0.15, 0.2) is 6.10 Å². The predicted octanol–water partition coefficient (Wildman–Crippen LogP) is 0.843. The molecule has 0 aliphatic heterocycles. The van der Waals surface area contributed by atoms with Crippen molar-refractivity contribution in [2.45, 2.75) is 31.9 Å². The van der Waals surface area contributed by atoms with Gasteiger partial charge in [-0.2, -0.15) is 0 Å². The van der Waals surface area contributed by atoms with E-state index in [1.807, 2.05) is 0 Å². The van der Waals surface area contributed by atoms with Crippen LogP contribution in [-0.4, -0.2) is 41.0 Å². The largest absolute Gasteiger partial charge is 0.481 e. The molecule has 0 aliphatic rings. The Labute approximate surface area is 117 Å². The van der Waals surface area contributed by atoms with E-state index >= 15 is 0 Å². The summed E-state index contributed by atoms with van der Waals surface area (Å²) in [5.74, 6) is -0.483. The molecule has 0 fully saturated rings. The molecule has 0 bridgehead atoms. The van der Waals surface area contributed by atoms with E-state index in [2.05, 4.69) is 5.32 Å². The van der Waals surface area contributed by atoms with Gasteiger partial charge in [0.1, 0.15) is 11.6 Å². The highest BCUT2D eigenvalue weighted by Crippen LogP contribution is 2.14. The minimum absolute atomic E-state index is 0.365. The average Bonchev–Trinajstić information content (AvgIpc) is 2.47. The molecule has 1 amide bonds. The molecule has 0 spiro atoms. The Hall–Kier alpha value is -1.66. The van der Waals surface area contributed by atoms with E-state index in [0.717, 1.165) is 0 Å². The molecule has 1 rings (SSSR count). The molecular formula is C14H20FNO4. The van der Waals surface area contributed by atoms with Gasteiger partial charge < -0.3 is 20.3 Å². The smallest absolute Gasteiger partial charge is 0.261 e. The fraction of sp³-hybridized carbons (Fsp3) is 0.500. The van der Waals surface area contributed by atoms with Gasteiger partial charge >= 0.3 is 0 Å². The van der Waals surface area contributed by atoms with Crippen LogP contribution in [0.4, 0.5) is 4.39 Å². The predicted molar refractivity (Wildman–Crippen MR) is 71.8 cm³/mol. The molecule has 0 saturated carbocycles. The fourth-order valence-electron chi connectivity index (χ4n) is 1.57. The first-order chi connectivity index (χ1) is 9.46. The van der Waals surface area contributed by atoms with Crippen LogP contribution in [0.1, 0.15) is 20.3 Å². The zero-order valence-electron chi connectivity index (χ0n) is 11.6. The van der Waals surface area contributed by atoms with Gasteiger partial charge in [-0.3, -0.25) is 4.79 Å². The van der Waals surface area contributed by atoms with Crippen molar-refractivity contribution in [1.82, 2.24) is 5.32 Å². The molecule has 0 saturated heterocycles. The summed E-state index contributed by atoms with van der Waals surface area (Å²) in [6, 6.07) is 5.31. The first-order valence-electron chi connectivity index (χ1n) is 6.42. The van der Waals surface area contributed by atoms with Crippen LogP contribution < -0.4 is 10.1 Å². The summed E-state index contributed by atoms with van der Waals surface area (Å²) in [6.07, 6.45) is -0.445. The van der Waals surface area contributed by atoms with E-state index in [-0.39, 0.29) is 19.0 Å². The summed E-state index contributed by atoms with van der Waals surface area (Å²) in [7, 11) is 0. The molecular weight excluding hydrogens is 265 g/mol. The minimum Gasteiger partial charge on any atom is -0.481 e. The van der Waals surface area contributed by atoms with Gasteiger partial charge in [-0.15, -0.1) is 0 Å². The van der Waals surface area contributed by atoms with E-state index in [9.17, 15) is 19.4 Å². The van der Waals surface area contributed by atoms with E-state index < -0.39 is 17.6 Å². The maximum atomic E-state index is 12.8. The lowest BCUT2D eigenvalue weighted by Gasteiger charge is -2.31. The summed E-state index contributed by atoms with van der Waals surface area (Å²) in [5.41, 5.74) is -1.06. The van der Waals surface area contributed by atoms with Crippen LogP contribution in [0.5, 0.6) is 5.75 Å². The molecule has 1 aromatic carbocycles. The second-order valence-corrected chi connectivity index (χ2v) is 4.65. The Morgan fingerprint density at radius 3 is 2.35 bits per heavy atom. The van der Waals surface area contributed by atoms with Gasteiger partial charge in [0.2, 0.25) is 0 Å². The van der Waals surface area contributed by atoms with E-state index in [0.29, 0.717) is 12.2 Å². The van der Waals surface area contributed by atoms with E-state index in [4.69, 9.17) is 4.74 Å². The number of benzene rings is 1. The highest BCUT2D eigenvalue weighted by atomic mass is 19.1. The molecule has 5 nitrogen and oxygen atoms in total. The van der Waals surface area contributed by atoms with Gasteiger partial charge in [0.25, 0.3) is 5.91 Å². The third-order valence-electron chi connectivity index (χ3n) is 3.17. The van der Waals surface area contributed by atoms with Crippen LogP contribution in [0.3, 0.4) is 0 Å². The number of aliphatic hydroxyl groups is 2. The number of rotatable bonds is 7. The number of carbonyl (C=O) groups excluding carboxylic acids is 1. The Bertz CT molecular complexity index is 423. The number of nitrogens with one attached hydrogen (secondary N) is 1. The van der Waals surface area contributed by atoms with E-state index in [1.54, 1.807) is 6.92 Å². The summed E-state index contributed by atoms with van der Waals surface area (Å²) < 4.78 is 18.1. The standard InChI is InChI=1S/C14H20FNO4/c1-3-14(8-17,9-18)16-13(19)10(2)20-12-6-4-11(15)5-7-12/h4-7,10,17-18H,3,8-9H2,1-2H3,(H,16,19). The molecule has 0 aromatic heterocycles. The molecule has 112 valence electrons. The zero-order valence-corrected chi connectivity index (χ0v) is 11.6. The van der Waals surface area contributed by atoms with Gasteiger partial charge in [0, 0.05) is 0 Å². The molecule has 6 heteroatoms. The van der Waals surface area contributed by atoms with Crippen LogP contribution in [0, 0.1) is 5.82 Å². The van der Waals surface area contributed by atoms with Gasteiger partial charge in [0.05, 0.1) is 18.8 Å². The number of hydrogen-bond acceptors (Lipinski definition) is 4. The van der Waals surface area contributed by atoms with Crippen molar-refractivity contribution >= 4 is 5.91 Å². The Balaban J connectivity index is 2.65. The summed E-state index contributed by atoms with van der Waals surface area (Å²) in [5, 5.41) is 21.1. The van der Waals surface area contributed by atoms with Gasteiger partial charge in [-0.25, -0.2) is 4.39 Å². The van der Waals surface area contributed by atoms with Crippen LogP contribution in [0.15, 0.2) is 24.3 Å². The topological polar surface area (TPSA) is 78.8 Å². The second-order valence-electron chi connectivity index (χ2n) is 4.65. The second kappa shape index (κ2) is 7.21. The highest BCUT2D eigenvalue weighted by Gasteiger charge is 2.30. The van der Waals surface area contributed by atoms with Crippen LogP contribution in [-0.2, 0) is 4.79 Å². The number of carbonyl (C=O) groups is 1. The number of ether oxygens (including phenoxy) is 1. The number of halogens is 1. The Kier molecular flexibility index (Phi) is 5.91. The quantitative estimate of drug-likeness (QED) is 0.694. The monoisotopic (exact) mass is 285 g/mol. The average molecular weight is 285 g/mol. The first kappa shape index (κ1) is 16.4. The Morgan fingerprint density at radius 2 is 1.90 bits per heavy atom. The molecule has 0 heterocycles. The van der Waals surface area contributed by atoms with Crippen LogP contribution in [0.2, 0.25) is 0 Å². The summed E-state index contributed by atoms with van der Waals surface area (Å²) in [4.78, 5) is 12.0. The van der Waals surface area contributed by atoms with Gasteiger partial charge in [-0.1, -0.05) is 6.92 Å². The van der Waals surface area contributed by atoms with Crippen molar-refractivity contribution in [2.75, 3.05) is 13.2 Å².